The van der Waals surface area contributed by atoms with Gasteiger partial charge in [0.25, 0.3) is 6.43 Å². The number of hydrogen-bond acceptors (Lipinski definition) is 4. The average molecular weight is 461 g/mol. The van der Waals surface area contributed by atoms with Crippen LogP contribution in [0.5, 0.6) is 0 Å². The maximum Gasteiger partial charge on any atom is 0.282 e. The Morgan fingerprint density at radius 1 is 1.09 bits per heavy atom. The van der Waals surface area contributed by atoms with Gasteiger partial charge in [0, 0.05) is 30.7 Å². The number of halogens is 4. The van der Waals surface area contributed by atoms with Crippen molar-refractivity contribution in [2.24, 2.45) is 7.05 Å². The molecule has 0 aliphatic heterocycles. The summed E-state index contributed by atoms with van der Waals surface area (Å²) in [5.41, 5.74) is 4.04. The molecule has 3 heterocycles. The molecular weight excluding hydrogens is 441 g/mol. The smallest absolute Gasteiger partial charge is 0.267 e. The number of alkyl halides is 2. The Hall–Kier alpha value is -3.20. The molecule has 4 aromatic rings. The number of rotatable bonds is 6. The van der Waals surface area contributed by atoms with E-state index in [2.05, 4.69) is 20.2 Å². The Morgan fingerprint density at radius 2 is 1.81 bits per heavy atom. The van der Waals surface area contributed by atoms with Crippen LogP contribution in [-0.2, 0) is 19.9 Å². The number of nitrogens with zero attached hydrogens (tertiary/aromatic N) is 6. The van der Waals surface area contributed by atoms with E-state index in [1.807, 2.05) is 14.0 Å². The van der Waals surface area contributed by atoms with E-state index in [1.54, 1.807) is 29.8 Å². The molecule has 0 saturated carbocycles. The predicted molar refractivity (Wildman–Crippen MR) is 115 cm³/mol. The monoisotopic (exact) mass is 460 g/mol. The Kier molecular flexibility index (Phi) is 6.01. The summed E-state index contributed by atoms with van der Waals surface area (Å²) in [6, 6.07) is 7.85. The first-order chi connectivity index (χ1) is 15.3. The van der Waals surface area contributed by atoms with Crippen LogP contribution in [0.25, 0.3) is 17.1 Å². The van der Waals surface area contributed by atoms with Gasteiger partial charge in [0.2, 0.25) is 0 Å². The fraction of sp³-hybridized carbons (Fsp3) is 0.273. The van der Waals surface area contributed by atoms with Crippen LogP contribution in [0.15, 0.2) is 36.7 Å². The fourth-order valence-corrected chi connectivity index (χ4v) is 3.96. The van der Waals surface area contributed by atoms with Gasteiger partial charge in [-0.2, -0.15) is 10.2 Å². The van der Waals surface area contributed by atoms with Gasteiger partial charge in [-0.25, -0.2) is 27.8 Å². The molecule has 4 rings (SSSR count). The second kappa shape index (κ2) is 8.74. The minimum Gasteiger partial charge on any atom is -0.267 e. The van der Waals surface area contributed by atoms with Gasteiger partial charge in [-0.15, -0.1) is 0 Å². The highest BCUT2D eigenvalue weighted by atomic mass is 35.5. The zero-order valence-electron chi connectivity index (χ0n) is 17.7. The highest BCUT2D eigenvalue weighted by Crippen LogP contribution is 2.32. The molecule has 0 N–H and O–H groups in total. The van der Waals surface area contributed by atoms with Crippen molar-refractivity contribution in [3.05, 3.63) is 75.8 Å². The normalized spacial score (nSPS) is 11.5. The van der Waals surface area contributed by atoms with Crippen molar-refractivity contribution in [2.75, 3.05) is 0 Å². The van der Waals surface area contributed by atoms with Crippen molar-refractivity contribution in [3.8, 4) is 17.1 Å². The first kappa shape index (κ1) is 22.0. The highest BCUT2D eigenvalue weighted by Gasteiger charge is 2.24. The van der Waals surface area contributed by atoms with Crippen LogP contribution in [0.1, 0.15) is 41.7 Å². The fourth-order valence-electron chi connectivity index (χ4n) is 3.76. The van der Waals surface area contributed by atoms with Gasteiger partial charge >= 0.3 is 0 Å². The number of hydrogen-bond donors (Lipinski definition) is 0. The van der Waals surface area contributed by atoms with Crippen LogP contribution >= 0.6 is 11.6 Å². The molecule has 166 valence electrons. The summed E-state index contributed by atoms with van der Waals surface area (Å²) in [5, 5.41) is 8.67. The summed E-state index contributed by atoms with van der Waals surface area (Å²) in [5.74, 6) is -0.104. The summed E-state index contributed by atoms with van der Waals surface area (Å²) in [7, 11) is 1.83. The maximum atomic E-state index is 13.5. The van der Waals surface area contributed by atoms with E-state index in [4.69, 9.17) is 11.6 Å². The van der Waals surface area contributed by atoms with Crippen LogP contribution in [0.2, 0.25) is 5.02 Å². The summed E-state index contributed by atoms with van der Waals surface area (Å²) in [6.07, 6.45) is -0.425. The Balaban J connectivity index is 1.72. The van der Waals surface area contributed by atoms with Gasteiger partial charge in [0.05, 0.1) is 27.8 Å². The van der Waals surface area contributed by atoms with Crippen LogP contribution in [0.3, 0.4) is 0 Å². The van der Waals surface area contributed by atoms with Crippen molar-refractivity contribution in [1.82, 2.24) is 29.5 Å². The van der Waals surface area contributed by atoms with E-state index < -0.39 is 12.1 Å². The summed E-state index contributed by atoms with van der Waals surface area (Å²) in [4.78, 5) is 8.40. The number of aromatic nitrogens is 6. The second-order valence-corrected chi connectivity index (χ2v) is 7.68. The lowest BCUT2D eigenvalue weighted by Gasteiger charge is -2.08. The van der Waals surface area contributed by atoms with Gasteiger partial charge < -0.3 is 0 Å². The van der Waals surface area contributed by atoms with Gasteiger partial charge in [-0.05, 0) is 37.6 Å². The molecule has 0 fully saturated rings. The topological polar surface area (TPSA) is 61.4 Å². The van der Waals surface area contributed by atoms with Gasteiger partial charge in [0.1, 0.15) is 17.8 Å². The van der Waals surface area contributed by atoms with E-state index >= 15 is 0 Å². The van der Waals surface area contributed by atoms with Gasteiger partial charge in [-0.3, -0.25) is 4.68 Å². The van der Waals surface area contributed by atoms with Gasteiger partial charge in [-0.1, -0.05) is 18.5 Å². The number of benzene rings is 1. The lowest BCUT2D eigenvalue weighted by Crippen LogP contribution is -2.07. The molecule has 0 unspecified atom stereocenters. The molecule has 3 aromatic heterocycles. The lowest BCUT2D eigenvalue weighted by molar-refractivity contribution is 0.142. The zero-order valence-corrected chi connectivity index (χ0v) is 18.4. The van der Waals surface area contributed by atoms with Crippen LogP contribution in [0.4, 0.5) is 13.2 Å². The minimum atomic E-state index is -2.80. The molecule has 0 saturated heterocycles. The molecule has 10 heteroatoms. The summed E-state index contributed by atoms with van der Waals surface area (Å²) in [6.45, 7) is 3.58. The third-order valence-electron chi connectivity index (χ3n) is 5.20. The minimum absolute atomic E-state index is 0.0814. The van der Waals surface area contributed by atoms with E-state index in [0.717, 1.165) is 27.2 Å². The predicted octanol–water partition coefficient (Wildman–Crippen LogP) is 5.25. The maximum absolute atomic E-state index is 13.5. The zero-order chi connectivity index (χ0) is 23.0. The van der Waals surface area contributed by atoms with Crippen molar-refractivity contribution in [3.63, 3.8) is 0 Å². The Bertz CT molecular complexity index is 1260. The summed E-state index contributed by atoms with van der Waals surface area (Å²) < 4.78 is 43.3. The van der Waals surface area contributed by atoms with E-state index in [0.29, 0.717) is 24.2 Å². The van der Waals surface area contributed by atoms with E-state index in [9.17, 15) is 13.2 Å². The largest absolute Gasteiger partial charge is 0.282 e. The van der Waals surface area contributed by atoms with Crippen LogP contribution < -0.4 is 0 Å². The third-order valence-corrected chi connectivity index (χ3v) is 5.67. The SMILES string of the molecule is CCc1c(Cc2cc(-n3nc(C)c(Cl)c3C(F)F)ncn2)nn(C)c1-c1ccc(F)cc1. The summed E-state index contributed by atoms with van der Waals surface area (Å²) >= 11 is 6.01. The van der Waals surface area contributed by atoms with E-state index in [-0.39, 0.29) is 16.7 Å². The molecule has 0 bridgehead atoms. The molecule has 0 amide bonds. The molecule has 1 aromatic carbocycles. The molecular formula is C22H20ClF3N6. The molecule has 0 radical (unpaired) electrons. The molecule has 0 atom stereocenters. The highest BCUT2D eigenvalue weighted by molar-refractivity contribution is 6.31. The molecule has 32 heavy (non-hydrogen) atoms. The average Bonchev–Trinajstić information content (AvgIpc) is 3.24. The van der Waals surface area contributed by atoms with Crippen LogP contribution in [0, 0.1) is 12.7 Å². The lowest BCUT2D eigenvalue weighted by atomic mass is 10.0. The van der Waals surface area contributed by atoms with Crippen molar-refractivity contribution in [1.29, 1.82) is 0 Å². The van der Waals surface area contributed by atoms with Crippen molar-refractivity contribution < 1.29 is 13.2 Å². The standard InChI is InChI=1S/C22H20ClF3N6/c1-4-16-17(30-31(3)20(16)13-5-7-14(24)8-6-13)9-15-10-18(28-11-27-15)32-21(22(25)26)19(23)12(2)29-32/h5-8,10-11,22H,4,9H2,1-3H3. The second-order valence-electron chi connectivity index (χ2n) is 7.30. The first-order valence-electron chi connectivity index (χ1n) is 9.95. The molecule has 6 nitrogen and oxygen atoms in total. The molecule has 0 aliphatic carbocycles. The Morgan fingerprint density at radius 3 is 2.47 bits per heavy atom. The van der Waals surface area contributed by atoms with E-state index in [1.165, 1.54) is 18.5 Å². The number of aryl methyl sites for hydroxylation is 2. The van der Waals surface area contributed by atoms with Crippen molar-refractivity contribution in [2.45, 2.75) is 33.1 Å². The Labute approximate surface area is 187 Å². The third kappa shape index (κ3) is 4.00. The molecule has 0 aliphatic rings. The van der Waals surface area contributed by atoms with Crippen LogP contribution in [-0.4, -0.2) is 29.5 Å². The van der Waals surface area contributed by atoms with Crippen molar-refractivity contribution >= 4 is 11.6 Å². The van der Waals surface area contributed by atoms with Gasteiger partial charge in [0.15, 0.2) is 5.82 Å². The first-order valence-corrected chi connectivity index (χ1v) is 10.3. The molecule has 0 spiro atoms. The quantitative estimate of drug-likeness (QED) is 0.394.